The first-order chi connectivity index (χ1) is 11.6. The van der Waals surface area contributed by atoms with E-state index in [-0.39, 0.29) is 5.91 Å². The van der Waals surface area contributed by atoms with E-state index in [1.54, 1.807) is 0 Å². The largest absolute Gasteiger partial charge is 0.316 e. The lowest BCUT2D eigenvalue weighted by atomic mass is 9.85. The fourth-order valence-corrected chi connectivity index (χ4v) is 4.04. The molecule has 3 rings (SSSR count). The number of aromatic nitrogens is 1. The van der Waals surface area contributed by atoms with Gasteiger partial charge in [0, 0.05) is 17.4 Å². The highest BCUT2D eigenvalue weighted by Gasteiger charge is 2.22. The van der Waals surface area contributed by atoms with Crippen LogP contribution in [0.3, 0.4) is 0 Å². The van der Waals surface area contributed by atoms with Gasteiger partial charge in [-0.3, -0.25) is 4.79 Å². The van der Waals surface area contributed by atoms with E-state index in [2.05, 4.69) is 41.6 Å². The van der Waals surface area contributed by atoms with Crippen molar-refractivity contribution < 1.29 is 4.79 Å². The van der Waals surface area contributed by atoms with Crippen LogP contribution in [0.25, 0.3) is 11.3 Å². The molecule has 2 heterocycles. The molecule has 5 heteroatoms. The molecule has 2 atom stereocenters. The van der Waals surface area contributed by atoms with Gasteiger partial charge in [-0.2, -0.15) is 0 Å². The molecule has 1 aliphatic rings. The monoisotopic (exact) mass is 343 g/mol. The van der Waals surface area contributed by atoms with E-state index in [1.165, 1.54) is 29.7 Å². The van der Waals surface area contributed by atoms with Crippen molar-refractivity contribution >= 4 is 22.4 Å². The Balaban J connectivity index is 1.58. The van der Waals surface area contributed by atoms with E-state index in [9.17, 15) is 4.79 Å². The highest BCUT2D eigenvalue weighted by molar-refractivity contribution is 7.14. The van der Waals surface area contributed by atoms with Crippen LogP contribution in [0, 0.1) is 18.8 Å². The topological polar surface area (TPSA) is 54.0 Å². The number of benzene rings is 1. The molecule has 1 aromatic heterocycles. The van der Waals surface area contributed by atoms with E-state index < -0.39 is 0 Å². The zero-order valence-corrected chi connectivity index (χ0v) is 15.2. The highest BCUT2D eigenvalue weighted by atomic mass is 32.1. The Morgan fingerprint density at radius 1 is 1.46 bits per heavy atom. The van der Waals surface area contributed by atoms with Gasteiger partial charge in [0.05, 0.1) is 5.69 Å². The predicted octanol–water partition coefficient (Wildman–Crippen LogP) is 4.08. The molecule has 2 aromatic rings. The van der Waals surface area contributed by atoms with Crippen LogP contribution in [0.2, 0.25) is 0 Å². The fraction of sp³-hybridized carbons (Fsp3) is 0.474. The van der Waals surface area contributed by atoms with Crippen molar-refractivity contribution in [1.82, 2.24) is 10.3 Å². The van der Waals surface area contributed by atoms with Crippen LogP contribution < -0.4 is 10.6 Å². The molecule has 2 unspecified atom stereocenters. The number of carbonyl (C=O) groups excluding carboxylic acids is 1. The molecule has 24 heavy (non-hydrogen) atoms. The van der Waals surface area contributed by atoms with E-state index in [0.29, 0.717) is 23.4 Å². The Morgan fingerprint density at radius 2 is 2.29 bits per heavy atom. The second kappa shape index (κ2) is 7.90. The molecular formula is C19H25N3OS. The third kappa shape index (κ3) is 4.22. The maximum absolute atomic E-state index is 12.3. The summed E-state index contributed by atoms with van der Waals surface area (Å²) < 4.78 is 0. The first-order valence-electron chi connectivity index (χ1n) is 8.65. The average Bonchev–Trinajstić information content (AvgIpc) is 3.04. The first-order valence-corrected chi connectivity index (χ1v) is 9.53. The molecule has 0 saturated carbocycles. The number of rotatable bonds is 5. The van der Waals surface area contributed by atoms with E-state index in [4.69, 9.17) is 0 Å². The fourth-order valence-electron chi connectivity index (χ4n) is 3.31. The molecule has 1 aromatic carbocycles. The second-order valence-corrected chi connectivity index (χ2v) is 7.55. The Morgan fingerprint density at radius 3 is 3.04 bits per heavy atom. The van der Waals surface area contributed by atoms with Gasteiger partial charge in [0.25, 0.3) is 0 Å². The second-order valence-electron chi connectivity index (χ2n) is 6.69. The summed E-state index contributed by atoms with van der Waals surface area (Å²) in [5.74, 6) is 1.07. The quantitative estimate of drug-likeness (QED) is 0.860. The van der Waals surface area contributed by atoms with Gasteiger partial charge in [0.2, 0.25) is 5.91 Å². The summed E-state index contributed by atoms with van der Waals surface area (Å²) >= 11 is 1.49. The van der Waals surface area contributed by atoms with Gasteiger partial charge in [-0.15, -0.1) is 11.3 Å². The van der Waals surface area contributed by atoms with Gasteiger partial charge >= 0.3 is 0 Å². The van der Waals surface area contributed by atoms with Crippen LogP contribution in [0.5, 0.6) is 0 Å². The van der Waals surface area contributed by atoms with E-state index >= 15 is 0 Å². The van der Waals surface area contributed by atoms with Gasteiger partial charge in [-0.1, -0.05) is 31.2 Å². The third-order valence-electron chi connectivity index (χ3n) is 4.82. The van der Waals surface area contributed by atoms with Gasteiger partial charge in [-0.25, -0.2) is 4.98 Å². The highest BCUT2D eigenvalue weighted by Crippen LogP contribution is 2.28. The molecule has 1 aliphatic heterocycles. The smallest absolute Gasteiger partial charge is 0.226 e. The maximum Gasteiger partial charge on any atom is 0.226 e. The van der Waals surface area contributed by atoms with Gasteiger partial charge in [0.1, 0.15) is 0 Å². The molecule has 0 radical (unpaired) electrons. The Kier molecular flexibility index (Phi) is 5.63. The predicted molar refractivity (Wildman–Crippen MR) is 100 cm³/mol. The normalized spacial score (nSPS) is 19.0. The molecule has 0 bridgehead atoms. The minimum Gasteiger partial charge on any atom is -0.316 e. The van der Waals surface area contributed by atoms with Gasteiger partial charge in [0.15, 0.2) is 5.13 Å². The number of anilines is 1. The summed E-state index contributed by atoms with van der Waals surface area (Å²) in [5, 5.41) is 9.09. The minimum absolute atomic E-state index is 0.0683. The summed E-state index contributed by atoms with van der Waals surface area (Å²) in [6, 6.07) is 8.18. The van der Waals surface area contributed by atoms with Gasteiger partial charge < -0.3 is 10.6 Å². The summed E-state index contributed by atoms with van der Waals surface area (Å²) in [6.07, 6.45) is 2.99. The summed E-state index contributed by atoms with van der Waals surface area (Å²) in [4.78, 5) is 16.9. The molecule has 0 aliphatic carbocycles. The molecular weight excluding hydrogens is 318 g/mol. The third-order valence-corrected chi connectivity index (χ3v) is 5.58. The van der Waals surface area contributed by atoms with Crippen LogP contribution in [0.4, 0.5) is 5.13 Å². The van der Waals surface area contributed by atoms with Crippen LogP contribution in [0.1, 0.15) is 31.7 Å². The Hall–Kier alpha value is -1.72. The number of amides is 1. The van der Waals surface area contributed by atoms with Gasteiger partial charge in [-0.05, 0) is 50.3 Å². The van der Waals surface area contributed by atoms with Crippen LogP contribution in [-0.2, 0) is 4.79 Å². The van der Waals surface area contributed by atoms with Crippen LogP contribution in [0.15, 0.2) is 29.6 Å². The van der Waals surface area contributed by atoms with Crippen molar-refractivity contribution in [2.24, 2.45) is 11.8 Å². The van der Waals surface area contributed by atoms with Crippen molar-refractivity contribution in [2.45, 2.75) is 33.1 Å². The molecule has 4 nitrogen and oxygen atoms in total. The SMILES string of the molecule is Cc1ccccc1-c1csc(NC(=O)CC(C)C2CCCNC2)n1. The number of aryl methyl sites for hydroxylation is 1. The van der Waals surface area contributed by atoms with E-state index in [1.807, 2.05) is 17.5 Å². The van der Waals surface area contributed by atoms with Crippen molar-refractivity contribution in [2.75, 3.05) is 18.4 Å². The first kappa shape index (κ1) is 17.1. The number of carbonyl (C=O) groups is 1. The lowest BCUT2D eigenvalue weighted by Gasteiger charge is -2.27. The molecule has 128 valence electrons. The van der Waals surface area contributed by atoms with E-state index in [0.717, 1.165) is 24.3 Å². The van der Waals surface area contributed by atoms with Crippen LogP contribution in [-0.4, -0.2) is 24.0 Å². The summed E-state index contributed by atoms with van der Waals surface area (Å²) in [5.41, 5.74) is 3.24. The maximum atomic E-state index is 12.3. The van der Waals surface area contributed by atoms with Crippen molar-refractivity contribution in [1.29, 1.82) is 0 Å². The number of hydrogen-bond donors (Lipinski definition) is 2. The number of nitrogens with one attached hydrogen (secondary N) is 2. The lowest BCUT2D eigenvalue weighted by Crippen LogP contribution is -2.34. The standard InChI is InChI=1S/C19H25N3OS/c1-13-6-3-4-8-16(13)17-12-24-19(21-17)22-18(23)10-14(2)15-7-5-9-20-11-15/h3-4,6,8,12,14-15,20H,5,7,9-11H2,1-2H3,(H,21,22,23). The Labute approximate surface area is 147 Å². The number of hydrogen-bond acceptors (Lipinski definition) is 4. The number of nitrogens with zero attached hydrogens (tertiary/aromatic N) is 1. The van der Waals surface area contributed by atoms with Crippen LogP contribution >= 0.6 is 11.3 Å². The zero-order chi connectivity index (χ0) is 16.9. The lowest BCUT2D eigenvalue weighted by molar-refractivity contribution is -0.117. The number of piperidine rings is 1. The summed E-state index contributed by atoms with van der Waals surface area (Å²) in [7, 11) is 0. The molecule has 1 fully saturated rings. The molecule has 2 N–H and O–H groups in total. The molecule has 1 amide bonds. The van der Waals surface area contributed by atoms with Crippen molar-refractivity contribution in [3.05, 3.63) is 35.2 Å². The Bertz CT molecular complexity index is 691. The molecule has 1 saturated heterocycles. The van der Waals surface area contributed by atoms with Crippen molar-refractivity contribution in [3.8, 4) is 11.3 Å². The number of thiazole rings is 1. The minimum atomic E-state index is 0.0683. The average molecular weight is 343 g/mol. The summed E-state index contributed by atoms with van der Waals surface area (Å²) in [6.45, 7) is 6.39. The molecule has 0 spiro atoms. The zero-order valence-electron chi connectivity index (χ0n) is 14.3. The van der Waals surface area contributed by atoms with Crippen molar-refractivity contribution in [3.63, 3.8) is 0 Å².